The third kappa shape index (κ3) is 3.30. The molecule has 0 aliphatic heterocycles. The summed E-state index contributed by atoms with van der Waals surface area (Å²) in [6.45, 7) is 9.54. The molecule has 0 aliphatic rings. The minimum absolute atomic E-state index is 0.137. The van der Waals surface area contributed by atoms with Crippen LogP contribution >= 0.6 is 0 Å². The average Bonchev–Trinajstić information content (AvgIpc) is 2.64. The summed E-state index contributed by atoms with van der Waals surface area (Å²) in [5, 5.41) is 4.26. The zero-order chi connectivity index (χ0) is 12.2. The summed E-state index contributed by atoms with van der Waals surface area (Å²) >= 11 is 0. The molecule has 0 atom stereocenters. The number of nitrogens with two attached hydrogens (primary N) is 1. The molecule has 0 aromatic carbocycles. The van der Waals surface area contributed by atoms with E-state index in [2.05, 4.69) is 37.8 Å². The van der Waals surface area contributed by atoms with E-state index in [9.17, 15) is 0 Å². The average molecular weight is 224 g/mol. The van der Waals surface area contributed by atoms with Gasteiger partial charge >= 0.3 is 0 Å². The third-order valence-electron chi connectivity index (χ3n) is 3.15. The van der Waals surface area contributed by atoms with Crippen LogP contribution in [0.5, 0.6) is 0 Å². The highest BCUT2D eigenvalue weighted by atomic mass is 15.3. The Balaban J connectivity index is 2.76. The van der Waals surface area contributed by atoms with Gasteiger partial charge in [0.2, 0.25) is 0 Å². The normalized spacial score (nSPS) is 12.4. The molecule has 2 N–H and O–H groups in total. The van der Waals surface area contributed by atoms with Crippen LogP contribution in [0.4, 0.5) is 0 Å². The van der Waals surface area contributed by atoms with Crippen molar-refractivity contribution in [1.82, 2.24) is 14.8 Å². The Hall–Kier alpha value is -0.900. The van der Waals surface area contributed by atoms with Gasteiger partial charge in [0.1, 0.15) is 12.2 Å². The standard InChI is InChI=1S/C12H24N4/c1-5-12(13,6-2)7-11-14-9-15-16(11)8-10(3)4/h9-10H,5-8,13H2,1-4H3. The quantitative estimate of drug-likeness (QED) is 0.804. The first-order valence-corrected chi connectivity index (χ1v) is 6.16. The summed E-state index contributed by atoms with van der Waals surface area (Å²) in [5.74, 6) is 1.59. The predicted molar refractivity (Wildman–Crippen MR) is 66.1 cm³/mol. The lowest BCUT2D eigenvalue weighted by molar-refractivity contribution is 0.367. The van der Waals surface area contributed by atoms with E-state index < -0.39 is 0 Å². The number of hydrogen-bond donors (Lipinski definition) is 1. The van der Waals surface area contributed by atoms with Crippen LogP contribution in [0.25, 0.3) is 0 Å². The minimum atomic E-state index is -0.137. The fourth-order valence-corrected chi connectivity index (χ4v) is 1.74. The van der Waals surface area contributed by atoms with Crippen LogP contribution in [0.3, 0.4) is 0 Å². The smallest absolute Gasteiger partial charge is 0.138 e. The van der Waals surface area contributed by atoms with E-state index in [1.54, 1.807) is 6.33 Å². The molecule has 4 nitrogen and oxygen atoms in total. The van der Waals surface area contributed by atoms with Crippen molar-refractivity contribution in [3.05, 3.63) is 12.2 Å². The van der Waals surface area contributed by atoms with E-state index in [4.69, 9.17) is 5.73 Å². The van der Waals surface area contributed by atoms with Gasteiger partial charge in [0.25, 0.3) is 0 Å². The maximum atomic E-state index is 6.31. The van der Waals surface area contributed by atoms with Crippen molar-refractivity contribution in [3.63, 3.8) is 0 Å². The van der Waals surface area contributed by atoms with E-state index in [-0.39, 0.29) is 5.54 Å². The number of rotatable bonds is 6. The molecule has 92 valence electrons. The maximum absolute atomic E-state index is 6.31. The Morgan fingerprint density at radius 1 is 1.38 bits per heavy atom. The van der Waals surface area contributed by atoms with Crippen molar-refractivity contribution < 1.29 is 0 Å². The van der Waals surface area contributed by atoms with Gasteiger partial charge in [-0.25, -0.2) is 9.67 Å². The second kappa shape index (κ2) is 5.43. The van der Waals surface area contributed by atoms with Crippen LogP contribution in [-0.2, 0) is 13.0 Å². The molecule has 0 saturated heterocycles. The Morgan fingerprint density at radius 3 is 2.50 bits per heavy atom. The Bertz CT molecular complexity index is 313. The van der Waals surface area contributed by atoms with Crippen LogP contribution < -0.4 is 5.73 Å². The van der Waals surface area contributed by atoms with E-state index in [0.717, 1.165) is 31.6 Å². The van der Waals surface area contributed by atoms with Gasteiger partial charge in [0.15, 0.2) is 0 Å². The highest BCUT2D eigenvalue weighted by Gasteiger charge is 2.23. The van der Waals surface area contributed by atoms with Gasteiger partial charge in [-0.05, 0) is 18.8 Å². The van der Waals surface area contributed by atoms with Crippen LogP contribution in [0.2, 0.25) is 0 Å². The summed E-state index contributed by atoms with van der Waals surface area (Å²) in [7, 11) is 0. The second-order valence-electron chi connectivity index (χ2n) is 5.00. The summed E-state index contributed by atoms with van der Waals surface area (Å²) in [6, 6.07) is 0. The van der Waals surface area contributed by atoms with E-state index in [1.165, 1.54) is 0 Å². The molecule has 0 fully saturated rings. The highest BCUT2D eigenvalue weighted by Crippen LogP contribution is 2.17. The van der Waals surface area contributed by atoms with Crippen molar-refractivity contribution in [3.8, 4) is 0 Å². The summed E-state index contributed by atoms with van der Waals surface area (Å²) in [5.41, 5.74) is 6.17. The number of aromatic nitrogens is 3. The zero-order valence-electron chi connectivity index (χ0n) is 10.9. The van der Waals surface area contributed by atoms with E-state index in [1.807, 2.05) is 4.68 Å². The molecule has 1 heterocycles. The van der Waals surface area contributed by atoms with Crippen molar-refractivity contribution in [2.75, 3.05) is 0 Å². The van der Waals surface area contributed by atoms with Gasteiger partial charge < -0.3 is 5.73 Å². The van der Waals surface area contributed by atoms with Gasteiger partial charge in [-0.2, -0.15) is 5.10 Å². The van der Waals surface area contributed by atoms with Crippen molar-refractivity contribution >= 4 is 0 Å². The number of hydrogen-bond acceptors (Lipinski definition) is 3. The summed E-state index contributed by atoms with van der Waals surface area (Å²) < 4.78 is 1.98. The van der Waals surface area contributed by atoms with Crippen molar-refractivity contribution in [2.24, 2.45) is 11.7 Å². The number of nitrogens with zero attached hydrogens (tertiary/aromatic N) is 3. The van der Waals surface area contributed by atoms with E-state index >= 15 is 0 Å². The molecule has 1 aromatic rings. The second-order valence-corrected chi connectivity index (χ2v) is 5.00. The Morgan fingerprint density at radius 2 is 2.00 bits per heavy atom. The molecule has 0 amide bonds. The van der Waals surface area contributed by atoms with Crippen LogP contribution in [0.15, 0.2) is 6.33 Å². The molecule has 4 heteroatoms. The van der Waals surface area contributed by atoms with Gasteiger partial charge in [-0.1, -0.05) is 27.7 Å². The molecule has 0 spiro atoms. The summed E-state index contributed by atoms with van der Waals surface area (Å²) in [4.78, 5) is 4.32. The molecule has 0 saturated carbocycles. The lowest BCUT2D eigenvalue weighted by Crippen LogP contribution is -2.41. The molecule has 0 radical (unpaired) electrons. The third-order valence-corrected chi connectivity index (χ3v) is 3.15. The van der Waals surface area contributed by atoms with E-state index in [0.29, 0.717) is 5.92 Å². The lowest BCUT2D eigenvalue weighted by atomic mass is 9.90. The fourth-order valence-electron chi connectivity index (χ4n) is 1.74. The maximum Gasteiger partial charge on any atom is 0.138 e. The summed E-state index contributed by atoms with van der Waals surface area (Å²) in [6.07, 6.45) is 4.38. The fraction of sp³-hybridized carbons (Fsp3) is 0.833. The SMILES string of the molecule is CCC(N)(CC)Cc1ncnn1CC(C)C. The molecule has 1 rings (SSSR count). The molecule has 1 aromatic heterocycles. The first-order chi connectivity index (χ1) is 7.50. The molecule has 0 bridgehead atoms. The van der Waals surface area contributed by atoms with Gasteiger partial charge in [-0.15, -0.1) is 0 Å². The zero-order valence-corrected chi connectivity index (χ0v) is 10.9. The Kier molecular flexibility index (Phi) is 4.47. The van der Waals surface area contributed by atoms with Crippen LogP contribution in [-0.4, -0.2) is 20.3 Å². The molecular weight excluding hydrogens is 200 g/mol. The van der Waals surface area contributed by atoms with Gasteiger partial charge in [-0.3, -0.25) is 0 Å². The molecular formula is C12H24N4. The largest absolute Gasteiger partial charge is 0.325 e. The Labute approximate surface area is 98.2 Å². The monoisotopic (exact) mass is 224 g/mol. The van der Waals surface area contributed by atoms with Crippen LogP contribution in [0, 0.1) is 5.92 Å². The van der Waals surface area contributed by atoms with Crippen molar-refractivity contribution in [2.45, 2.75) is 59.0 Å². The first kappa shape index (κ1) is 13.2. The molecule has 0 aliphatic carbocycles. The first-order valence-electron chi connectivity index (χ1n) is 6.16. The van der Waals surface area contributed by atoms with Gasteiger partial charge in [0, 0.05) is 18.5 Å². The molecule has 16 heavy (non-hydrogen) atoms. The molecule has 0 unspecified atom stereocenters. The topological polar surface area (TPSA) is 56.7 Å². The van der Waals surface area contributed by atoms with Crippen molar-refractivity contribution in [1.29, 1.82) is 0 Å². The predicted octanol–water partition coefficient (Wildman–Crippen LogP) is 1.99. The minimum Gasteiger partial charge on any atom is -0.325 e. The lowest BCUT2D eigenvalue weighted by Gasteiger charge is -2.26. The highest BCUT2D eigenvalue weighted by molar-refractivity contribution is 4.96. The van der Waals surface area contributed by atoms with Gasteiger partial charge in [0.05, 0.1) is 0 Å². The van der Waals surface area contributed by atoms with Crippen LogP contribution in [0.1, 0.15) is 46.4 Å².